The van der Waals surface area contributed by atoms with Gasteiger partial charge in [0.25, 0.3) is 5.69 Å². The van der Waals surface area contributed by atoms with Crippen molar-refractivity contribution >= 4 is 23.6 Å². The molecule has 0 aliphatic rings. The molecule has 0 N–H and O–H groups in total. The molecule has 0 unspecified atom stereocenters. The molecule has 130 valence electrons. The van der Waals surface area contributed by atoms with E-state index in [1.165, 1.54) is 13.0 Å². The van der Waals surface area contributed by atoms with Crippen molar-refractivity contribution in [3.05, 3.63) is 27.8 Å². The molecule has 9 nitrogen and oxygen atoms in total. The highest BCUT2D eigenvalue weighted by atomic mass is 16.6. The van der Waals surface area contributed by atoms with Crippen LogP contribution in [0.1, 0.15) is 32.8 Å². The highest BCUT2D eigenvalue weighted by Gasteiger charge is 2.21. The summed E-state index contributed by atoms with van der Waals surface area (Å²) in [6, 6.07) is 2.30. The van der Waals surface area contributed by atoms with E-state index in [0.29, 0.717) is 6.42 Å². The Morgan fingerprint density at radius 1 is 1.00 bits per heavy atom. The summed E-state index contributed by atoms with van der Waals surface area (Å²) >= 11 is 0. The number of benzene rings is 1. The van der Waals surface area contributed by atoms with Crippen LogP contribution in [0.3, 0.4) is 0 Å². The molecule has 9 heteroatoms. The Hall–Kier alpha value is -2.97. The van der Waals surface area contributed by atoms with Gasteiger partial charge in [-0.1, -0.05) is 0 Å². The van der Waals surface area contributed by atoms with Gasteiger partial charge < -0.3 is 14.2 Å². The third kappa shape index (κ3) is 6.03. The lowest BCUT2D eigenvalue weighted by atomic mass is 10.1. The van der Waals surface area contributed by atoms with Crippen LogP contribution in [0.5, 0.6) is 11.5 Å². The zero-order chi connectivity index (χ0) is 18.3. The van der Waals surface area contributed by atoms with Crippen LogP contribution in [-0.4, -0.2) is 29.4 Å². The van der Waals surface area contributed by atoms with E-state index in [4.69, 9.17) is 14.2 Å². The van der Waals surface area contributed by atoms with E-state index < -0.39 is 22.8 Å². The van der Waals surface area contributed by atoms with E-state index in [1.54, 1.807) is 0 Å². The van der Waals surface area contributed by atoms with Crippen LogP contribution < -0.4 is 9.47 Å². The lowest BCUT2D eigenvalue weighted by Crippen LogP contribution is -2.09. The molecule has 1 rings (SSSR count). The topological polar surface area (TPSA) is 122 Å². The van der Waals surface area contributed by atoms with Crippen molar-refractivity contribution in [3.8, 4) is 11.5 Å². The molecule has 0 aliphatic carbocycles. The molecule has 0 fully saturated rings. The number of nitro benzene ring substituents is 1. The summed E-state index contributed by atoms with van der Waals surface area (Å²) in [4.78, 5) is 43.6. The summed E-state index contributed by atoms with van der Waals surface area (Å²) in [6.45, 7) is 3.63. The molecule has 24 heavy (non-hydrogen) atoms. The first-order chi connectivity index (χ1) is 11.2. The Kier molecular flexibility index (Phi) is 6.84. The van der Waals surface area contributed by atoms with E-state index in [0.717, 1.165) is 19.9 Å². The minimum absolute atomic E-state index is 0.0919. The van der Waals surface area contributed by atoms with Crippen LogP contribution in [0.2, 0.25) is 0 Å². The quantitative estimate of drug-likeness (QED) is 0.243. The average Bonchev–Trinajstić information content (AvgIpc) is 2.44. The third-order valence-electron chi connectivity index (χ3n) is 2.74. The van der Waals surface area contributed by atoms with Crippen molar-refractivity contribution in [2.75, 3.05) is 6.61 Å². The number of hydrogen-bond donors (Lipinski definition) is 0. The Morgan fingerprint density at radius 3 is 2.00 bits per heavy atom. The maximum absolute atomic E-state index is 11.2. The monoisotopic (exact) mass is 339 g/mol. The van der Waals surface area contributed by atoms with Crippen LogP contribution >= 0.6 is 0 Å². The number of hydrogen-bond acceptors (Lipinski definition) is 8. The number of nitrogens with zero attached hydrogens (tertiary/aromatic N) is 1. The molecule has 0 aliphatic heterocycles. The van der Waals surface area contributed by atoms with Gasteiger partial charge in [-0.05, 0) is 18.9 Å². The zero-order valence-corrected chi connectivity index (χ0v) is 13.5. The van der Waals surface area contributed by atoms with Gasteiger partial charge in [-0.2, -0.15) is 0 Å². The van der Waals surface area contributed by atoms with Gasteiger partial charge in [-0.25, -0.2) is 0 Å². The van der Waals surface area contributed by atoms with Crippen LogP contribution in [0.15, 0.2) is 12.1 Å². The lowest BCUT2D eigenvalue weighted by Gasteiger charge is -2.11. The molecule has 0 bridgehead atoms. The molecule has 0 atom stereocenters. The molecular weight excluding hydrogens is 322 g/mol. The van der Waals surface area contributed by atoms with Crippen molar-refractivity contribution in [1.82, 2.24) is 0 Å². The van der Waals surface area contributed by atoms with Crippen LogP contribution in [0.4, 0.5) is 5.69 Å². The van der Waals surface area contributed by atoms with E-state index in [9.17, 15) is 24.5 Å². The van der Waals surface area contributed by atoms with Gasteiger partial charge in [0, 0.05) is 26.3 Å². The minimum atomic E-state index is -0.708. The molecule has 0 aromatic heterocycles. The van der Waals surface area contributed by atoms with Crippen LogP contribution in [0.25, 0.3) is 0 Å². The van der Waals surface area contributed by atoms with Gasteiger partial charge >= 0.3 is 17.9 Å². The number of carbonyl (C=O) groups is 3. The molecule has 0 heterocycles. The zero-order valence-electron chi connectivity index (χ0n) is 13.5. The maximum Gasteiger partial charge on any atom is 0.308 e. The second-order valence-electron chi connectivity index (χ2n) is 4.82. The highest BCUT2D eigenvalue weighted by Crippen LogP contribution is 2.35. The van der Waals surface area contributed by atoms with Crippen molar-refractivity contribution in [1.29, 1.82) is 0 Å². The molecular formula is C15H17NO8. The molecule has 1 aromatic rings. The number of nitro groups is 1. The SMILES string of the molecule is CC(=O)OCCCc1cc(OC(C)=O)c(OC(C)=O)cc1[N+](=O)[O-]. The average molecular weight is 339 g/mol. The fourth-order valence-electron chi connectivity index (χ4n) is 1.91. The highest BCUT2D eigenvalue weighted by molar-refractivity contribution is 5.74. The van der Waals surface area contributed by atoms with Crippen molar-refractivity contribution < 1.29 is 33.5 Å². The predicted molar refractivity (Wildman–Crippen MR) is 80.7 cm³/mol. The summed E-state index contributed by atoms with van der Waals surface area (Å²) in [5, 5.41) is 11.2. The number of aryl methyl sites for hydroxylation is 1. The first-order valence-electron chi connectivity index (χ1n) is 7.02. The van der Waals surface area contributed by atoms with Gasteiger partial charge in [-0.3, -0.25) is 24.5 Å². The first kappa shape index (κ1) is 19.1. The van der Waals surface area contributed by atoms with Crippen LogP contribution in [-0.2, 0) is 25.5 Å². The lowest BCUT2D eigenvalue weighted by molar-refractivity contribution is -0.385. The second-order valence-corrected chi connectivity index (χ2v) is 4.82. The second kappa shape index (κ2) is 8.61. The van der Waals surface area contributed by atoms with Gasteiger partial charge in [0.1, 0.15) is 0 Å². The van der Waals surface area contributed by atoms with Crippen molar-refractivity contribution in [3.63, 3.8) is 0 Å². The number of ether oxygens (including phenoxy) is 3. The normalized spacial score (nSPS) is 9.96. The molecule has 0 saturated carbocycles. The molecule has 0 amide bonds. The van der Waals surface area contributed by atoms with Gasteiger partial charge in [-0.15, -0.1) is 0 Å². The Bertz CT molecular complexity index is 668. The molecule has 0 radical (unpaired) electrons. The minimum Gasteiger partial charge on any atom is -0.466 e. The molecule has 0 spiro atoms. The van der Waals surface area contributed by atoms with E-state index in [-0.39, 0.29) is 35.8 Å². The van der Waals surface area contributed by atoms with Crippen molar-refractivity contribution in [2.45, 2.75) is 33.6 Å². The summed E-state index contributed by atoms with van der Waals surface area (Å²) in [5.41, 5.74) is -0.0238. The smallest absolute Gasteiger partial charge is 0.308 e. The largest absolute Gasteiger partial charge is 0.466 e. The summed E-state index contributed by atoms with van der Waals surface area (Å²) in [5.74, 6) is -2.13. The van der Waals surface area contributed by atoms with E-state index in [2.05, 4.69) is 0 Å². The number of carbonyl (C=O) groups excluding carboxylic acids is 3. The number of rotatable bonds is 7. The van der Waals surface area contributed by atoms with E-state index in [1.807, 2.05) is 0 Å². The predicted octanol–water partition coefficient (Wildman–Crippen LogP) is 1.94. The Balaban J connectivity index is 3.14. The first-order valence-corrected chi connectivity index (χ1v) is 7.02. The number of esters is 3. The van der Waals surface area contributed by atoms with Gasteiger partial charge in [0.2, 0.25) is 0 Å². The summed E-state index contributed by atoms with van der Waals surface area (Å²) < 4.78 is 14.6. The molecule has 0 saturated heterocycles. The summed E-state index contributed by atoms with van der Waals surface area (Å²) in [7, 11) is 0. The fourth-order valence-corrected chi connectivity index (χ4v) is 1.91. The maximum atomic E-state index is 11.2. The van der Waals surface area contributed by atoms with Crippen molar-refractivity contribution in [2.24, 2.45) is 0 Å². The molecule has 1 aromatic carbocycles. The van der Waals surface area contributed by atoms with Gasteiger partial charge in [0.15, 0.2) is 11.5 Å². The summed E-state index contributed by atoms with van der Waals surface area (Å²) in [6.07, 6.45) is 0.547. The Morgan fingerprint density at radius 2 is 1.54 bits per heavy atom. The third-order valence-corrected chi connectivity index (χ3v) is 2.74. The fraction of sp³-hybridized carbons (Fsp3) is 0.400. The van der Waals surface area contributed by atoms with Gasteiger partial charge in [0.05, 0.1) is 17.6 Å². The standard InChI is InChI=1S/C15H17NO8/c1-9(17)22-6-4-5-12-7-14(23-10(2)18)15(24-11(3)19)8-13(12)16(20)21/h7-8H,4-6H2,1-3H3. The van der Waals surface area contributed by atoms with Crippen LogP contribution in [0, 0.1) is 10.1 Å². The van der Waals surface area contributed by atoms with E-state index >= 15 is 0 Å². The Labute approximate surface area is 137 Å².